The van der Waals surface area contributed by atoms with E-state index in [-0.39, 0.29) is 40.8 Å². The van der Waals surface area contributed by atoms with Crippen LogP contribution in [0.2, 0.25) is 0 Å². The van der Waals surface area contributed by atoms with Crippen molar-refractivity contribution < 1.29 is 88.3 Å². The van der Waals surface area contributed by atoms with Crippen molar-refractivity contribution >= 4 is 5.80 Å². The zero-order valence-electron chi connectivity index (χ0n) is 3.09. The van der Waals surface area contributed by atoms with Crippen molar-refractivity contribution in [2.45, 2.75) is 0 Å². The van der Waals surface area contributed by atoms with Gasteiger partial charge in [0.2, 0.25) is 0 Å². The Morgan fingerprint density at radius 2 is 1.71 bits per heavy atom. The molecule has 0 spiro atoms. The minimum absolute atomic E-state index is 0. The molecule has 0 aliphatic rings. The van der Waals surface area contributed by atoms with E-state index < -0.39 is 5.09 Å². The molecule has 4 nitrogen and oxygen atoms in total. The maximum atomic E-state index is 8.36. The summed E-state index contributed by atoms with van der Waals surface area (Å²) in [6.45, 7) is 0. The number of hydrogen-bond donors (Lipinski definition) is 1. The first-order valence-corrected chi connectivity index (χ1v) is 4.77. The second kappa shape index (κ2) is 15.7. The van der Waals surface area contributed by atoms with Gasteiger partial charge < -0.3 is 5.21 Å². The van der Waals surface area contributed by atoms with Crippen LogP contribution in [-0.2, 0) is 0 Å². The van der Waals surface area contributed by atoms with Gasteiger partial charge in [0, 0.05) is 40.8 Å². The first-order chi connectivity index (χ1) is 2.73. The van der Waals surface area contributed by atoms with Gasteiger partial charge in [-0.05, 0) is 0 Å². The molecule has 0 aliphatic carbocycles. The Morgan fingerprint density at radius 3 is 1.71 bits per heavy atom. The number of nitrogens with zero attached hydrogens (tertiary/aromatic N) is 1. The number of halogens is 1. The van der Waals surface area contributed by atoms with Crippen molar-refractivity contribution in [3.63, 3.8) is 0 Å². The van der Waals surface area contributed by atoms with E-state index in [0.29, 0.717) is 0 Å². The molecule has 0 saturated carbocycles. The quantitative estimate of drug-likeness (QED) is 0.482. The molecule has 0 aliphatic heterocycles. The molecule has 0 rings (SSSR count). The van der Waals surface area contributed by atoms with Crippen LogP contribution in [0.5, 0.6) is 0 Å². The average Bonchev–Trinajstić information content (AvgIpc) is 1.41. The maximum Gasteiger partial charge on any atom is 0 e. The molecule has 39 valence electrons. The van der Waals surface area contributed by atoms with Gasteiger partial charge in [0.1, 0.15) is 0 Å². The van der Waals surface area contributed by atoms with E-state index in [0.717, 1.165) is 37.2 Å². The molecule has 0 bridgehead atoms. The van der Waals surface area contributed by atoms with Crippen LogP contribution in [0.15, 0.2) is 0 Å². The molecular formula is HClNNd2O3. The normalized spacial score (nSPS) is 4.00. The summed E-state index contributed by atoms with van der Waals surface area (Å²) in [5.41, 5.74) is 0. The second-order valence-corrected chi connectivity index (χ2v) is 0.238. The Bertz CT molecular complexity index is 35.9. The Hall–Kier alpha value is 2.19. The van der Waals surface area contributed by atoms with Crippen molar-refractivity contribution in [2.24, 2.45) is 0 Å². The van der Waals surface area contributed by atoms with Crippen molar-refractivity contribution in [1.82, 2.24) is 0 Å². The molecule has 0 aromatic carbocycles. The van der Waals surface area contributed by atoms with Gasteiger partial charge in [-0.25, -0.2) is 0 Å². The summed E-state index contributed by atoms with van der Waals surface area (Å²) in [4.78, 5) is 8.36. The van der Waals surface area contributed by atoms with Crippen LogP contribution in [0.4, 0.5) is 0 Å². The topological polar surface area (TPSA) is 63.4 Å². The summed E-state index contributed by atoms with van der Waals surface area (Å²) < 4.78 is 0. The minimum Gasteiger partial charge on any atom is 0 e. The Kier molecular flexibility index (Phi) is 36.1. The number of rotatable bonds is 0. The van der Waals surface area contributed by atoms with E-state index in [1.807, 2.05) is 0 Å². The van der Waals surface area contributed by atoms with E-state index in [1.54, 1.807) is 0 Å². The molecule has 0 saturated heterocycles. The molecule has 0 atom stereocenters. The van der Waals surface area contributed by atoms with Gasteiger partial charge in [-0.15, -0.1) is 10.1 Å². The molecule has 7 heteroatoms. The molecule has 1 N–H and O–H groups in total. The second-order valence-electron chi connectivity index (χ2n) is 0.238. The van der Waals surface area contributed by atoms with Gasteiger partial charge in [-0.1, -0.05) is 0 Å². The van der Waals surface area contributed by atoms with Crippen LogP contribution in [0.3, 0.4) is 0 Å². The molecular weight excluding hydrogens is 386 g/mol. The Labute approximate surface area is 102 Å². The maximum absolute atomic E-state index is 8.36. The molecule has 0 unspecified atom stereocenters. The van der Waals surface area contributed by atoms with E-state index in [1.165, 1.54) is 0 Å². The van der Waals surface area contributed by atoms with Gasteiger partial charge >= 0.3 is 43.0 Å². The first kappa shape index (κ1) is 16.1. The van der Waals surface area contributed by atoms with E-state index >= 15 is 0 Å². The molecule has 0 fully saturated rings. The molecule has 7 heavy (non-hydrogen) atoms. The summed E-state index contributed by atoms with van der Waals surface area (Å²) >= 11 is 0.778. The van der Waals surface area contributed by atoms with Gasteiger partial charge in [0.05, 0.1) is 0 Å². The summed E-state index contributed by atoms with van der Waals surface area (Å²) in [5, 5.41) is 13.6. The number of hydrogen-bond acceptors (Lipinski definition) is 2. The first-order valence-electron chi connectivity index (χ1n) is 0.754. The fourth-order valence-corrected chi connectivity index (χ4v) is 0. The summed E-state index contributed by atoms with van der Waals surface area (Å²) in [7, 11) is 0. The van der Waals surface area contributed by atoms with Gasteiger partial charge in [-0.2, -0.15) is 0 Å². The molecule has 0 radical (unpaired) electrons. The van der Waals surface area contributed by atoms with Gasteiger partial charge in [0.25, 0.3) is 5.09 Å². The minimum atomic E-state index is -1.50. The fraction of sp³-hybridized carbons (Fsp3) is 0. The van der Waals surface area contributed by atoms with E-state index in [2.05, 4.69) is 0 Å². The SMILES string of the molecule is O=[N+]([O-])O.[Cl][Nd].[Nd]. The smallest absolute Gasteiger partial charge is 0 e. The predicted octanol–water partition coefficient (Wildman–Crippen LogP) is 0.342. The van der Waals surface area contributed by atoms with Crippen LogP contribution in [0.25, 0.3) is 0 Å². The fourth-order valence-electron chi connectivity index (χ4n) is 0. The average molecular weight is 387 g/mol. The largest absolute Gasteiger partial charge is 0 e. The van der Waals surface area contributed by atoms with Crippen LogP contribution in [-0.4, -0.2) is 10.3 Å². The Morgan fingerprint density at radius 1 is 1.71 bits per heavy atom. The van der Waals surface area contributed by atoms with Crippen LogP contribution < -0.4 is 0 Å². The van der Waals surface area contributed by atoms with Crippen molar-refractivity contribution in [1.29, 1.82) is 0 Å². The van der Waals surface area contributed by atoms with Crippen LogP contribution >= 0.6 is 5.80 Å². The standard InChI is InChI=1S/ClH.HNO3.2Nd/c;2-1(3)4;;/h1H;(H,2,3,4);;/q;;;+1/p-1. The van der Waals surface area contributed by atoms with Gasteiger partial charge in [0.15, 0.2) is 0 Å². The third-order valence-corrected chi connectivity index (χ3v) is 0. The van der Waals surface area contributed by atoms with Crippen LogP contribution in [0.1, 0.15) is 0 Å². The van der Waals surface area contributed by atoms with Crippen molar-refractivity contribution in [3.8, 4) is 0 Å². The van der Waals surface area contributed by atoms with Gasteiger partial charge in [-0.3, -0.25) is 0 Å². The molecule has 0 aromatic rings. The van der Waals surface area contributed by atoms with Crippen molar-refractivity contribution in [2.75, 3.05) is 0 Å². The zero-order chi connectivity index (χ0) is 5.58. The molecule has 0 heterocycles. The third kappa shape index (κ3) is 65.4. The third-order valence-electron chi connectivity index (χ3n) is 0. The zero-order valence-corrected chi connectivity index (χ0v) is 10.3. The summed E-state index contributed by atoms with van der Waals surface area (Å²) in [5.74, 6) is 4.78. The monoisotopic (exact) mass is 382 g/mol. The van der Waals surface area contributed by atoms with E-state index in [9.17, 15) is 0 Å². The molecule has 0 amide bonds. The predicted molar refractivity (Wildman–Crippen MR) is 14.6 cm³/mol. The Balaban J connectivity index is -0.0000000480. The van der Waals surface area contributed by atoms with Crippen molar-refractivity contribution in [3.05, 3.63) is 10.1 Å². The summed E-state index contributed by atoms with van der Waals surface area (Å²) in [6, 6.07) is 0. The van der Waals surface area contributed by atoms with E-state index in [4.69, 9.17) is 21.1 Å². The van der Waals surface area contributed by atoms with Crippen LogP contribution in [0, 0.1) is 88.2 Å². The molecule has 0 aromatic heterocycles. The summed E-state index contributed by atoms with van der Waals surface area (Å²) in [6.07, 6.45) is 0.